The lowest BCUT2D eigenvalue weighted by atomic mass is 10.3. The second-order valence-corrected chi connectivity index (χ2v) is 5.38. The number of nitrogens with zero attached hydrogens (tertiary/aromatic N) is 2. The van der Waals surface area contributed by atoms with E-state index in [1.54, 1.807) is 11.3 Å². The van der Waals surface area contributed by atoms with Crippen molar-refractivity contribution < 1.29 is 4.79 Å². The van der Waals surface area contributed by atoms with E-state index in [2.05, 4.69) is 10.3 Å². The number of aromatic nitrogens is 1. The SMILES string of the molecule is NCCc1nc(CC(=O)N2CCCNCC2)cs1. The summed E-state index contributed by atoms with van der Waals surface area (Å²) in [6.45, 7) is 4.16. The van der Waals surface area contributed by atoms with Crippen molar-refractivity contribution in [1.29, 1.82) is 0 Å². The molecule has 2 rings (SSSR count). The van der Waals surface area contributed by atoms with E-state index in [1.807, 2.05) is 10.3 Å². The second kappa shape index (κ2) is 6.82. The lowest BCUT2D eigenvalue weighted by Gasteiger charge is -2.19. The molecular weight excluding hydrogens is 248 g/mol. The highest BCUT2D eigenvalue weighted by Crippen LogP contribution is 2.11. The number of nitrogens with one attached hydrogen (secondary N) is 1. The zero-order valence-electron chi connectivity index (χ0n) is 10.5. The van der Waals surface area contributed by atoms with Crippen LogP contribution in [0.3, 0.4) is 0 Å². The van der Waals surface area contributed by atoms with Crippen LogP contribution in [-0.2, 0) is 17.6 Å². The van der Waals surface area contributed by atoms with Gasteiger partial charge in [-0.3, -0.25) is 4.79 Å². The van der Waals surface area contributed by atoms with Crippen LogP contribution in [0.5, 0.6) is 0 Å². The maximum Gasteiger partial charge on any atom is 0.228 e. The van der Waals surface area contributed by atoms with Gasteiger partial charge in [0, 0.05) is 31.4 Å². The number of amides is 1. The first-order chi connectivity index (χ1) is 8.79. The van der Waals surface area contributed by atoms with Crippen molar-refractivity contribution in [2.24, 2.45) is 5.73 Å². The summed E-state index contributed by atoms with van der Waals surface area (Å²) in [6.07, 6.45) is 2.24. The second-order valence-electron chi connectivity index (χ2n) is 4.43. The van der Waals surface area contributed by atoms with Crippen LogP contribution >= 0.6 is 11.3 Å². The van der Waals surface area contributed by atoms with Crippen molar-refractivity contribution in [3.63, 3.8) is 0 Å². The monoisotopic (exact) mass is 268 g/mol. The van der Waals surface area contributed by atoms with Crippen molar-refractivity contribution in [3.05, 3.63) is 16.1 Å². The van der Waals surface area contributed by atoms with Crippen LogP contribution in [0.15, 0.2) is 5.38 Å². The summed E-state index contributed by atoms with van der Waals surface area (Å²) in [7, 11) is 0. The minimum Gasteiger partial charge on any atom is -0.341 e. The maximum atomic E-state index is 12.1. The average Bonchev–Trinajstić information content (AvgIpc) is 2.65. The highest BCUT2D eigenvalue weighted by molar-refractivity contribution is 7.09. The Kier molecular flexibility index (Phi) is 5.10. The van der Waals surface area contributed by atoms with Crippen LogP contribution in [0.4, 0.5) is 0 Å². The molecule has 6 heteroatoms. The molecule has 3 N–H and O–H groups in total. The summed E-state index contributed by atoms with van der Waals surface area (Å²) in [5.74, 6) is 0.184. The average molecular weight is 268 g/mol. The zero-order chi connectivity index (χ0) is 12.8. The van der Waals surface area contributed by atoms with Gasteiger partial charge in [-0.2, -0.15) is 0 Å². The fraction of sp³-hybridized carbons (Fsp3) is 0.667. The molecule has 0 radical (unpaired) electrons. The Hall–Kier alpha value is -0.980. The van der Waals surface area contributed by atoms with Crippen molar-refractivity contribution in [1.82, 2.24) is 15.2 Å². The molecule has 0 unspecified atom stereocenters. The van der Waals surface area contributed by atoms with Crippen LogP contribution in [0.1, 0.15) is 17.1 Å². The standard InChI is InChI=1S/C12H20N4OS/c13-3-2-11-15-10(9-18-11)8-12(17)16-6-1-4-14-5-7-16/h9,14H,1-8,13H2. The number of carbonyl (C=O) groups excluding carboxylic acids is 1. The maximum absolute atomic E-state index is 12.1. The van der Waals surface area contributed by atoms with Gasteiger partial charge in [-0.25, -0.2) is 4.98 Å². The van der Waals surface area contributed by atoms with Crippen LogP contribution in [0.2, 0.25) is 0 Å². The molecule has 2 heterocycles. The predicted octanol–water partition coefficient (Wildman–Crippen LogP) is 0.00870. The predicted molar refractivity (Wildman–Crippen MR) is 72.6 cm³/mol. The minimum absolute atomic E-state index is 0.184. The molecule has 5 nitrogen and oxygen atoms in total. The Morgan fingerprint density at radius 3 is 3.22 bits per heavy atom. The normalized spacial score (nSPS) is 16.6. The molecule has 1 aromatic heterocycles. The van der Waals surface area contributed by atoms with Gasteiger partial charge in [0.25, 0.3) is 0 Å². The van der Waals surface area contributed by atoms with Crippen LogP contribution in [0, 0.1) is 0 Å². The highest BCUT2D eigenvalue weighted by atomic mass is 32.1. The fourth-order valence-electron chi connectivity index (χ4n) is 2.03. The third kappa shape index (κ3) is 3.76. The lowest BCUT2D eigenvalue weighted by Crippen LogP contribution is -2.35. The Balaban J connectivity index is 1.88. The lowest BCUT2D eigenvalue weighted by molar-refractivity contribution is -0.130. The third-order valence-electron chi connectivity index (χ3n) is 2.98. The van der Waals surface area contributed by atoms with E-state index < -0.39 is 0 Å². The minimum atomic E-state index is 0.184. The smallest absolute Gasteiger partial charge is 0.228 e. The van der Waals surface area contributed by atoms with Gasteiger partial charge in [-0.1, -0.05) is 0 Å². The molecule has 0 bridgehead atoms. The molecular formula is C12H20N4OS. The fourth-order valence-corrected chi connectivity index (χ4v) is 2.84. The molecule has 1 aromatic rings. The van der Waals surface area contributed by atoms with Crippen LogP contribution in [0.25, 0.3) is 0 Å². The summed E-state index contributed by atoms with van der Waals surface area (Å²) >= 11 is 1.59. The number of carbonyl (C=O) groups is 1. The summed E-state index contributed by atoms with van der Waals surface area (Å²) in [4.78, 5) is 18.5. The molecule has 1 aliphatic heterocycles. The third-order valence-corrected chi connectivity index (χ3v) is 3.94. The van der Waals surface area contributed by atoms with Gasteiger partial charge in [0.2, 0.25) is 5.91 Å². The first-order valence-corrected chi connectivity index (χ1v) is 7.29. The molecule has 1 saturated heterocycles. The summed E-state index contributed by atoms with van der Waals surface area (Å²) < 4.78 is 0. The summed E-state index contributed by atoms with van der Waals surface area (Å²) in [6, 6.07) is 0. The number of nitrogens with two attached hydrogens (primary N) is 1. The molecule has 0 atom stereocenters. The van der Waals surface area contributed by atoms with Gasteiger partial charge in [-0.05, 0) is 19.5 Å². The van der Waals surface area contributed by atoms with E-state index in [0.29, 0.717) is 13.0 Å². The Morgan fingerprint density at radius 1 is 1.50 bits per heavy atom. The number of hydrogen-bond acceptors (Lipinski definition) is 5. The molecule has 0 saturated carbocycles. The molecule has 1 aliphatic rings. The van der Waals surface area contributed by atoms with Crippen molar-refractivity contribution >= 4 is 17.2 Å². The molecule has 0 spiro atoms. The number of hydrogen-bond donors (Lipinski definition) is 2. The van der Waals surface area contributed by atoms with Gasteiger partial charge < -0.3 is 16.0 Å². The largest absolute Gasteiger partial charge is 0.341 e. The van der Waals surface area contributed by atoms with E-state index >= 15 is 0 Å². The van der Waals surface area contributed by atoms with Gasteiger partial charge in [0.15, 0.2) is 0 Å². The number of rotatable bonds is 4. The van der Waals surface area contributed by atoms with Crippen molar-refractivity contribution in [2.75, 3.05) is 32.7 Å². The summed E-state index contributed by atoms with van der Waals surface area (Å²) in [5.41, 5.74) is 6.37. The molecule has 18 heavy (non-hydrogen) atoms. The zero-order valence-corrected chi connectivity index (χ0v) is 11.3. The first-order valence-electron chi connectivity index (χ1n) is 6.41. The van der Waals surface area contributed by atoms with E-state index in [0.717, 1.165) is 49.7 Å². The Bertz CT molecular complexity index is 385. The highest BCUT2D eigenvalue weighted by Gasteiger charge is 2.16. The topological polar surface area (TPSA) is 71.2 Å². The quantitative estimate of drug-likeness (QED) is 0.807. The van der Waals surface area contributed by atoms with E-state index in [9.17, 15) is 4.79 Å². The molecule has 0 aliphatic carbocycles. The van der Waals surface area contributed by atoms with E-state index in [-0.39, 0.29) is 5.91 Å². The molecule has 1 amide bonds. The van der Waals surface area contributed by atoms with E-state index in [4.69, 9.17) is 5.73 Å². The van der Waals surface area contributed by atoms with Crippen molar-refractivity contribution in [2.45, 2.75) is 19.3 Å². The Morgan fingerprint density at radius 2 is 2.39 bits per heavy atom. The summed E-state index contributed by atoms with van der Waals surface area (Å²) in [5, 5.41) is 6.29. The van der Waals surface area contributed by atoms with Crippen LogP contribution < -0.4 is 11.1 Å². The molecule has 0 aromatic carbocycles. The van der Waals surface area contributed by atoms with Crippen LogP contribution in [-0.4, -0.2) is 48.5 Å². The van der Waals surface area contributed by atoms with Gasteiger partial charge in [0.1, 0.15) is 0 Å². The van der Waals surface area contributed by atoms with Gasteiger partial charge in [-0.15, -0.1) is 11.3 Å². The van der Waals surface area contributed by atoms with E-state index in [1.165, 1.54) is 0 Å². The van der Waals surface area contributed by atoms with Crippen molar-refractivity contribution in [3.8, 4) is 0 Å². The first kappa shape index (κ1) is 13.5. The Labute approximate surface area is 111 Å². The van der Waals surface area contributed by atoms with Gasteiger partial charge in [0.05, 0.1) is 17.1 Å². The van der Waals surface area contributed by atoms with Gasteiger partial charge >= 0.3 is 0 Å². The number of thiazole rings is 1. The molecule has 100 valence electrons. The molecule has 1 fully saturated rings.